The summed E-state index contributed by atoms with van der Waals surface area (Å²) in [6, 6.07) is 15.1. The van der Waals surface area contributed by atoms with Crippen LogP contribution in [0.5, 0.6) is 11.5 Å². The summed E-state index contributed by atoms with van der Waals surface area (Å²) in [5.74, 6) is 1.23. The fourth-order valence-electron chi connectivity index (χ4n) is 2.94. The number of hydrogen-bond acceptors (Lipinski definition) is 5. The van der Waals surface area contributed by atoms with Crippen LogP contribution in [0.1, 0.15) is 13.3 Å². The van der Waals surface area contributed by atoms with Crippen molar-refractivity contribution in [2.45, 2.75) is 19.4 Å². The van der Waals surface area contributed by atoms with Crippen LogP contribution in [0, 0.1) is 0 Å². The second-order valence-electron chi connectivity index (χ2n) is 6.33. The summed E-state index contributed by atoms with van der Waals surface area (Å²) in [7, 11) is 1.61. The standard InChI is InChI=1S/C21H26N2O4/c1-3-20(27-19-10-8-18(25-2)9-11-19)21(24)22-16-4-6-17(7-5-16)23-12-14-26-15-13-23/h4-11,20H,3,12-15H2,1-2H3,(H,22,24)/t20-/m1/s1. The Morgan fingerprint density at radius 3 is 2.30 bits per heavy atom. The van der Waals surface area contributed by atoms with Crippen LogP contribution in [0.4, 0.5) is 11.4 Å². The molecule has 1 atom stereocenters. The lowest BCUT2D eigenvalue weighted by Gasteiger charge is -2.29. The van der Waals surface area contributed by atoms with Gasteiger partial charge >= 0.3 is 0 Å². The number of morpholine rings is 1. The summed E-state index contributed by atoms with van der Waals surface area (Å²) in [5, 5.41) is 2.93. The zero-order chi connectivity index (χ0) is 19.1. The van der Waals surface area contributed by atoms with Crippen molar-refractivity contribution in [1.82, 2.24) is 0 Å². The molecule has 1 aliphatic rings. The van der Waals surface area contributed by atoms with Gasteiger partial charge < -0.3 is 24.4 Å². The number of anilines is 2. The van der Waals surface area contributed by atoms with Crippen LogP contribution in [0.2, 0.25) is 0 Å². The van der Waals surface area contributed by atoms with Crippen LogP contribution in [-0.4, -0.2) is 45.4 Å². The molecule has 1 aliphatic heterocycles. The van der Waals surface area contributed by atoms with Gasteiger partial charge in [-0.05, 0) is 55.0 Å². The molecule has 2 aromatic rings. The maximum absolute atomic E-state index is 12.6. The highest BCUT2D eigenvalue weighted by Crippen LogP contribution is 2.21. The third-order valence-electron chi connectivity index (χ3n) is 4.51. The van der Waals surface area contributed by atoms with E-state index in [1.165, 1.54) is 0 Å². The van der Waals surface area contributed by atoms with E-state index >= 15 is 0 Å². The zero-order valence-corrected chi connectivity index (χ0v) is 15.8. The first-order chi connectivity index (χ1) is 13.2. The number of amides is 1. The van der Waals surface area contributed by atoms with Gasteiger partial charge in [0.05, 0.1) is 20.3 Å². The van der Waals surface area contributed by atoms with Crippen molar-refractivity contribution >= 4 is 17.3 Å². The minimum atomic E-state index is -0.558. The topological polar surface area (TPSA) is 60.0 Å². The fourth-order valence-corrected chi connectivity index (χ4v) is 2.94. The highest BCUT2D eigenvalue weighted by molar-refractivity contribution is 5.94. The Labute approximate surface area is 160 Å². The Kier molecular flexibility index (Phi) is 6.54. The SMILES string of the molecule is CC[C@@H](Oc1ccc(OC)cc1)C(=O)Nc1ccc(N2CCOCC2)cc1. The lowest BCUT2D eigenvalue weighted by atomic mass is 10.2. The first kappa shape index (κ1) is 19.0. The summed E-state index contributed by atoms with van der Waals surface area (Å²) in [6.45, 7) is 5.20. The van der Waals surface area contributed by atoms with Gasteiger partial charge in [0.25, 0.3) is 5.91 Å². The Balaban J connectivity index is 1.58. The Morgan fingerprint density at radius 1 is 1.07 bits per heavy atom. The van der Waals surface area contributed by atoms with Gasteiger partial charge in [0.15, 0.2) is 6.10 Å². The molecule has 1 amide bonds. The van der Waals surface area contributed by atoms with E-state index in [2.05, 4.69) is 10.2 Å². The highest BCUT2D eigenvalue weighted by atomic mass is 16.5. The average molecular weight is 370 g/mol. The monoisotopic (exact) mass is 370 g/mol. The summed E-state index contributed by atoms with van der Waals surface area (Å²) < 4.78 is 16.3. The fraction of sp³-hybridized carbons (Fsp3) is 0.381. The van der Waals surface area contributed by atoms with Crippen molar-refractivity contribution < 1.29 is 19.0 Å². The molecular weight excluding hydrogens is 344 g/mol. The molecule has 0 bridgehead atoms. The zero-order valence-electron chi connectivity index (χ0n) is 15.8. The van der Waals surface area contributed by atoms with E-state index < -0.39 is 6.10 Å². The Morgan fingerprint density at radius 2 is 1.70 bits per heavy atom. The molecule has 144 valence electrons. The molecule has 6 heteroatoms. The minimum Gasteiger partial charge on any atom is -0.497 e. The molecule has 1 N–H and O–H groups in total. The first-order valence-corrected chi connectivity index (χ1v) is 9.24. The molecule has 0 aliphatic carbocycles. The van der Waals surface area contributed by atoms with Gasteiger partial charge in [-0.2, -0.15) is 0 Å². The highest BCUT2D eigenvalue weighted by Gasteiger charge is 2.19. The van der Waals surface area contributed by atoms with Crippen molar-refractivity contribution in [1.29, 1.82) is 0 Å². The molecule has 1 saturated heterocycles. The molecule has 0 unspecified atom stereocenters. The van der Waals surface area contributed by atoms with Crippen LogP contribution in [0.25, 0.3) is 0 Å². The van der Waals surface area contributed by atoms with Gasteiger partial charge in [-0.25, -0.2) is 0 Å². The second kappa shape index (κ2) is 9.28. The van der Waals surface area contributed by atoms with E-state index in [-0.39, 0.29) is 5.91 Å². The lowest BCUT2D eigenvalue weighted by Crippen LogP contribution is -2.36. The maximum atomic E-state index is 12.6. The van der Waals surface area contributed by atoms with Crippen molar-refractivity contribution in [3.63, 3.8) is 0 Å². The number of methoxy groups -OCH3 is 1. The van der Waals surface area contributed by atoms with Gasteiger partial charge in [-0.3, -0.25) is 4.79 Å². The quantitative estimate of drug-likeness (QED) is 0.810. The number of nitrogens with zero attached hydrogens (tertiary/aromatic N) is 1. The predicted octanol–water partition coefficient (Wildman–Crippen LogP) is 3.33. The van der Waals surface area contributed by atoms with Gasteiger partial charge in [-0.15, -0.1) is 0 Å². The van der Waals surface area contributed by atoms with Gasteiger partial charge in [0.1, 0.15) is 11.5 Å². The molecule has 3 rings (SSSR count). The van der Waals surface area contributed by atoms with Crippen molar-refractivity contribution in [3.8, 4) is 11.5 Å². The average Bonchev–Trinajstić information content (AvgIpc) is 2.73. The van der Waals surface area contributed by atoms with Crippen LogP contribution in [0.3, 0.4) is 0 Å². The van der Waals surface area contributed by atoms with E-state index in [4.69, 9.17) is 14.2 Å². The first-order valence-electron chi connectivity index (χ1n) is 9.24. The third-order valence-corrected chi connectivity index (χ3v) is 4.51. The smallest absolute Gasteiger partial charge is 0.265 e. The predicted molar refractivity (Wildman–Crippen MR) is 106 cm³/mol. The van der Waals surface area contributed by atoms with Crippen molar-refractivity contribution in [2.75, 3.05) is 43.6 Å². The largest absolute Gasteiger partial charge is 0.497 e. The lowest BCUT2D eigenvalue weighted by molar-refractivity contribution is -0.122. The number of nitrogens with one attached hydrogen (secondary N) is 1. The Bertz CT molecular complexity index is 725. The number of carbonyl (C=O) groups excluding carboxylic acids is 1. The molecule has 1 heterocycles. The maximum Gasteiger partial charge on any atom is 0.265 e. The molecule has 6 nitrogen and oxygen atoms in total. The molecule has 1 fully saturated rings. The summed E-state index contributed by atoms with van der Waals surface area (Å²) in [5.41, 5.74) is 1.90. The van der Waals surface area contributed by atoms with E-state index in [1.807, 2.05) is 43.3 Å². The van der Waals surface area contributed by atoms with E-state index in [0.29, 0.717) is 12.2 Å². The molecule has 0 aromatic heterocycles. The minimum absolute atomic E-state index is 0.160. The van der Waals surface area contributed by atoms with Gasteiger partial charge in [-0.1, -0.05) is 6.92 Å². The van der Waals surface area contributed by atoms with Gasteiger partial charge in [0.2, 0.25) is 0 Å². The molecule has 2 aromatic carbocycles. The van der Waals surface area contributed by atoms with E-state index in [9.17, 15) is 4.79 Å². The second-order valence-corrected chi connectivity index (χ2v) is 6.33. The van der Waals surface area contributed by atoms with Crippen LogP contribution in [-0.2, 0) is 9.53 Å². The molecule has 0 radical (unpaired) electrons. The molecular formula is C21H26N2O4. The number of carbonyl (C=O) groups is 1. The van der Waals surface area contributed by atoms with E-state index in [0.717, 1.165) is 43.4 Å². The number of ether oxygens (including phenoxy) is 3. The molecule has 0 spiro atoms. The molecule has 27 heavy (non-hydrogen) atoms. The summed E-state index contributed by atoms with van der Waals surface area (Å²) in [4.78, 5) is 14.8. The van der Waals surface area contributed by atoms with Crippen LogP contribution >= 0.6 is 0 Å². The normalized spacial score (nSPS) is 15.1. The summed E-state index contributed by atoms with van der Waals surface area (Å²) >= 11 is 0. The number of benzene rings is 2. The van der Waals surface area contributed by atoms with Crippen molar-refractivity contribution in [2.24, 2.45) is 0 Å². The summed E-state index contributed by atoms with van der Waals surface area (Å²) in [6.07, 6.45) is 0.0151. The van der Waals surface area contributed by atoms with E-state index in [1.54, 1.807) is 19.2 Å². The van der Waals surface area contributed by atoms with Crippen LogP contribution in [0.15, 0.2) is 48.5 Å². The van der Waals surface area contributed by atoms with Gasteiger partial charge in [0, 0.05) is 24.5 Å². The number of hydrogen-bond donors (Lipinski definition) is 1. The number of rotatable bonds is 7. The van der Waals surface area contributed by atoms with Crippen molar-refractivity contribution in [3.05, 3.63) is 48.5 Å². The third kappa shape index (κ3) is 5.14. The Hall–Kier alpha value is -2.73. The van der Waals surface area contributed by atoms with Crippen LogP contribution < -0.4 is 19.7 Å². The molecule has 0 saturated carbocycles.